The van der Waals surface area contributed by atoms with Crippen LogP contribution in [0.15, 0.2) is 24.3 Å². The van der Waals surface area contributed by atoms with Crippen molar-refractivity contribution in [3.8, 4) is 5.75 Å². The van der Waals surface area contributed by atoms with Gasteiger partial charge in [0.25, 0.3) is 0 Å². The van der Waals surface area contributed by atoms with Crippen LogP contribution in [0.25, 0.3) is 0 Å². The molecule has 2 N–H and O–H groups in total. The van der Waals surface area contributed by atoms with Crippen molar-refractivity contribution in [1.29, 1.82) is 0 Å². The number of ether oxygens (including phenoxy) is 1. The van der Waals surface area contributed by atoms with Gasteiger partial charge in [-0.25, -0.2) is 0 Å². The van der Waals surface area contributed by atoms with E-state index in [-0.39, 0.29) is 24.2 Å². The number of carboxylic acid groups (broad SMARTS) is 1. The van der Waals surface area contributed by atoms with E-state index in [1.54, 1.807) is 7.11 Å². The summed E-state index contributed by atoms with van der Waals surface area (Å²) in [5, 5.41) is 11.4. The van der Waals surface area contributed by atoms with E-state index in [0.717, 1.165) is 17.7 Å². The van der Waals surface area contributed by atoms with Crippen LogP contribution in [0.3, 0.4) is 0 Å². The zero-order chi connectivity index (χ0) is 15.2. The molecule has 1 aliphatic rings. The quantitative estimate of drug-likeness (QED) is 0.720. The number of hydrogen-bond donors (Lipinski definition) is 2. The summed E-state index contributed by atoms with van der Waals surface area (Å²) in [5.41, 5.74) is 1.14. The standard InChI is InChI=1S/C16H21NO4/c1-21-12-6-4-5-11(9-12)13-10-14(13)16(20)17-8-3-2-7-15(18)19/h4-6,9,13-14H,2-3,7-8,10H2,1H3,(H,17,20)(H,18,19)/t13-,14-/m1/s1. The molecule has 1 fully saturated rings. The lowest BCUT2D eigenvalue weighted by Gasteiger charge is -2.05. The van der Waals surface area contributed by atoms with Gasteiger partial charge in [-0.2, -0.15) is 0 Å². The maximum absolute atomic E-state index is 12.0. The van der Waals surface area contributed by atoms with Crippen molar-refractivity contribution in [2.24, 2.45) is 5.92 Å². The molecular weight excluding hydrogens is 270 g/mol. The lowest BCUT2D eigenvalue weighted by molar-refractivity contribution is -0.137. The van der Waals surface area contributed by atoms with Gasteiger partial charge in [0.15, 0.2) is 0 Å². The minimum absolute atomic E-state index is 0.0385. The van der Waals surface area contributed by atoms with Crippen molar-refractivity contribution in [2.75, 3.05) is 13.7 Å². The highest BCUT2D eigenvalue weighted by Gasteiger charge is 2.43. The maximum atomic E-state index is 12.0. The van der Waals surface area contributed by atoms with Gasteiger partial charge in [-0.3, -0.25) is 9.59 Å². The van der Waals surface area contributed by atoms with Gasteiger partial charge in [-0.1, -0.05) is 12.1 Å². The summed E-state index contributed by atoms with van der Waals surface area (Å²) in [6.07, 6.45) is 2.33. The van der Waals surface area contributed by atoms with Crippen LogP contribution in [-0.2, 0) is 9.59 Å². The van der Waals surface area contributed by atoms with Crippen LogP contribution in [0.2, 0.25) is 0 Å². The number of nitrogens with one attached hydrogen (secondary N) is 1. The molecular formula is C16H21NO4. The third-order valence-electron chi connectivity index (χ3n) is 3.77. The van der Waals surface area contributed by atoms with E-state index in [2.05, 4.69) is 5.32 Å². The summed E-state index contributed by atoms with van der Waals surface area (Å²) >= 11 is 0. The smallest absolute Gasteiger partial charge is 0.303 e. The predicted octanol–water partition coefficient (Wildman–Crippen LogP) is 2.17. The van der Waals surface area contributed by atoms with Gasteiger partial charge in [0.2, 0.25) is 5.91 Å². The van der Waals surface area contributed by atoms with Crippen LogP contribution in [-0.4, -0.2) is 30.6 Å². The van der Waals surface area contributed by atoms with Gasteiger partial charge in [-0.05, 0) is 42.9 Å². The number of aliphatic carboxylic acids is 1. The highest BCUT2D eigenvalue weighted by Crippen LogP contribution is 2.48. The van der Waals surface area contributed by atoms with Gasteiger partial charge in [0, 0.05) is 18.9 Å². The van der Waals surface area contributed by atoms with Crippen LogP contribution < -0.4 is 10.1 Å². The molecule has 21 heavy (non-hydrogen) atoms. The van der Waals surface area contributed by atoms with Crippen LogP contribution in [0.5, 0.6) is 5.75 Å². The third-order valence-corrected chi connectivity index (χ3v) is 3.77. The molecule has 0 aliphatic heterocycles. The van der Waals surface area contributed by atoms with Crippen LogP contribution >= 0.6 is 0 Å². The van der Waals surface area contributed by atoms with Gasteiger partial charge in [0.05, 0.1) is 7.11 Å². The Labute approximate surface area is 124 Å². The minimum atomic E-state index is -0.790. The van der Waals surface area contributed by atoms with Crippen LogP contribution in [0.4, 0.5) is 0 Å². The predicted molar refractivity (Wildman–Crippen MR) is 78.3 cm³/mol. The first-order chi connectivity index (χ1) is 10.1. The average Bonchev–Trinajstić information content (AvgIpc) is 3.27. The van der Waals surface area contributed by atoms with E-state index in [1.165, 1.54) is 0 Å². The minimum Gasteiger partial charge on any atom is -0.497 e. The first-order valence-electron chi connectivity index (χ1n) is 7.25. The molecule has 0 spiro atoms. The Balaban J connectivity index is 1.72. The molecule has 0 heterocycles. The summed E-state index contributed by atoms with van der Waals surface area (Å²) in [5.74, 6) is 0.405. The molecule has 114 valence electrons. The summed E-state index contributed by atoms with van der Waals surface area (Å²) in [6.45, 7) is 0.549. The van der Waals surface area contributed by atoms with Gasteiger partial charge in [-0.15, -0.1) is 0 Å². The zero-order valence-corrected chi connectivity index (χ0v) is 12.2. The second-order valence-corrected chi connectivity index (χ2v) is 5.37. The molecule has 1 aromatic carbocycles. The van der Waals surface area contributed by atoms with E-state index >= 15 is 0 Å². The van der Waals surface area contributed by atoms with E-state index in [4.69, 9.17) is 9.84 Å². The Morgan fingerprint density at radius 3 is 2.90 bits per heavy atom. The number of amides is 1. The fourth-order valence-corrected chi connectivity index (χ4v) is 2.47. The van der Waals surface area contributed by atoms with Crippen molar-refractivity contribution in [1.82, 2.24) is 5.32 Å². The Hall–Kier alpha value is -2.04. The molecule has 2 atom stereocenters. The SMILES string of the molecule is COc1cccc([C@H]2C[C@H]2C(=O)NCCCCC(=O)O)c1. The first kappa shape index (κ1) is 15.4. The molecule has 5 nitrogen and oxygen atoms in total. The molecule has 1 saturated carbocycles. The number of carbonyl (C=O) groups is 2. The molecule has 0 unspecified atom stereocenters. The number of benzene rings is 1. The molecule has 2 rings (SSSR count). The van der Waals surface area contributed by atoms with E-state index in [0.29, 0.717) is 19.4 Å². The lowest BCUT2D eigenvalue weighted by Crippen LogP contribution is -2.26. The number of hydrogen-bond acceptors (Lipinski definition) is 3. The van der Waals surface area contributed by atoms with Crippen molar-refractivity contribution in [3.05, 3.63) is 29.8 Å². The Morgan fingerprint density at radius 2 is 2.19 bits per heavy atom. The van der Waals surface area contributed by atoms with E-state index < -0.39 is 5.97 Å². The fourth-order valence-electron chi connectivity index (χ4n) is 2.47. The summed E-state index contributed by atoms with van der Waals surface area (Å²) < 4.78 is 5.19. The average molecular weight is 291 g/mol. The van der Waals surface area contributed by atoms with Crippen molar-refractivity contribution in [2.45, 2.75) is 31.6 Å². The van der Waals surface area contributed by atoms with Gasteiger partial charge < -0.3 is 15.2 Å². The largest absolute Gasteiger partial charge is 0.497 e. The normalized spacial score (nSPS) is 19.9. The number of carboxylic acids is 1. The summed E-state index contributed by atoms with van der Waals surface area (Å²) in [7, 11) is 1.63. The lowest BCUT2D eigenvalue weighted by atomic mass is 10.1. The number of unbranched alkanes of at least 4 members (excludes halogenated alkanes) is 1. The second kappa shape index (κ2) is 7.11. The zero-order valence-electron chi connectivity index (χ0n) is 12.2. The van der Waals surface area contributed by atoms with E-state index in [1.807, 2.05) is 24.3 Å². The van der Waals surface area contributed by atoms with E-state index in [9.17, 15) is 9.59 Å². The number of rotatable bonds is 8. The molecule has 1 aliphatic carbocycles. The Morgan fingerprint density at radius 1 is 1.38 bits per heavy atom. The highest BCUT2D eigenvalue weighted by atomic mass is 16.5. The molecule has 0 radical (unpaired) electrons. The molecule has 0 saturated heterocycles. The summed E-state index contributed by atoms with van der Waals surface area (Å²) in [4.78, 5) is 22.4. The van der Waals surface area contributed by atoms with Crippen LogP contribution in [0.1, 0.15) is 37.2 Å². The molecule has 0 bridgehead atoms. The first-order valence-corrected chi connectivity index (χ1v) is 7.25. The Kier molecular flexibility index (Phi) is 5.20. The second-order valence-electron chi connectivity index (χ2n) is 5.37. The van der Waals surface area contributed by atoms with Crippen molar-refractivity contribution < 1.29 is 19.4 Å². The fraction of sp³-hybridized carbons (Fsp3) is 0.500. The van der Waals surface area contributed by atoms with Crippen molar-refractivity contribution >= 4 is 11.9 Å². The molecule has 0 aromatic heterocycles. The number of methoxy groups -OCH3 is 1. The summed E-state index contributed by atoms with van der Waals surface area (Å²) in [6, 6.07) is 7.83. The molecule has 1 amide bonds. The van der Waals surface area contributed by atoms with Crippen LogP contribution in [0, 0.1) is 5.92 Å². The van der Waals surface area contributed by atoms with Gasteiger partial charge >= 0.3 is 5.97 Å². The highest BCUT2D eigenvalue weighted by molar-refractivity contribution is 5.82. The molecule has 1 aromatic rings. The molecule has 5 heteroatoms. The van der Waals surface area contributed by atoms with Crippen molar-refractivity contribution in [3.63, 3.8) is 0 Å². The Bertz CT molecular complexity index is 515. The third kappa shape index (κ3) is 4.48. The van der Waals surface area contributed by atoms with Gasteiger partial charge in [0.1, 0.15) is 5.75 Å². The number of carbonyl (C=O) groups excluding carboxylic acids is 1. The topological polar surface area (TPSA) is 75.6 Å². The monoisotopic (exact) mass is 291 g/mol. The maximum Gasteiger partial charge on any atom is 0.303 e.